The second-order valence-corrected chi connectivity index (χ2v) is 6.27. The molecule has 0 aliphatic carbocycles. The van der Waals surface area contributed by atoms with Crippen LogP contribution < -0.4 is 5.32 Å². The summed E-state index contributed by atoms with van der Waals surface area (Å²) in [5.41, 5.74) is 1.79. The molecule has 2 amide bonds. The Balaban J connectivity index is 2.17. The van der Waals surface area contributed by atoms with Crippen LogP contribution in [0.1, 0.15) is 34.6 Å². The van der Waals surface area contributed by atoms with E-state index in [1.54, 1.807) is 35.2 Å². The second kappa shape index (κ2) is 8.10. The van der Waals surface area contributed by atoms with Gasteiger partial charge in [-0.25, -0.2) is 0 Å². The minimum atomic E-state index is -0.184. The molecule has 5 heteroatoms. The molecule has 2 aromatic carbocycles. The topological polar surface area (TPSA) is 49.4 Å². The number of rotatable bonds is 5. The van der Waals surface area contributed by atoms with Gasteiger partial charge in [-0.15, -0.1) is 0 Å². The highest BCUT2D eigenvalue weighted by molar-refractivity contribution is 14.1. The first-order valence-corrected chi connectivity index (χ1v) is 8.59. The number of amides is 2. The van der Waals surface area contributed by atoms with Gasteiger partial charge >= 0.3 is 0 Å². The molecule has 2 rings (SSSR count). The van der Waals surface area contributed by atoms with Crippen molar-refractivity contribution < 1.29 is 9.59 Å². The van der Waals surface area contributed by atoms with Gasteiger partial charge in [-0.2, -0.15) is 0 Å². The largest absolute Gasteiger partial charge is 0.339 e. The smallest absolute Gasteiger partial charge is 0.255 e. The molecule has 0 spiro atoms. The molecule has 0 atom stereocenters. The van der Waals surface area contributed by atoms with Crippen molar-refractivity contribution in [2.75, 3.05) is 18.4 Å². The normalized spacial score (nSPS) is 10.2. The molecule has 0 unspecified atom stereocenters. The first-order chi connectivity index (χ1) is 11.0. The summed E-state index contributed by atoms with van der Waals surface area (Å²) in [6.07, 6.45) is 0. The predicted octanol–water partition coefficient (Wildman–Crippen LogP) is 4.03. The van der Waals surface area contributed by atoms with E-state index in [9.17, 15) is 9.59 Å². The minimum absolute atomic E-state index is 0.0274. The molecular weight excluding hydrogens is 403 g/mol. The van der Waals surface area contributed by atoms with E-state index in [4.69, 9.17) is 0 Å². The van der Waals surface area contributed by atoms with E-state index >= 15 is 0 Å². The Morgan fingerprint density at radius 2 is 1.65 bits per heavy atom. The van der Waals surface area contributed by atoms with Crippen molar-refractivity contribution in [2.45, 2.75) is 13.8 Å². The lowest BCUT2D eigenvalue weighted by Gasteiger charge is -2.19. The van der Waals surface area contributed by atoms with Gasteiger partial charge in [0.25, 0.3) is 11.8 Å². The Labute approximate surface area is 150 Å². The molecule has 2 aromatic rings. The van der Waals surface area contributed by atoms with Gasteiger partial charge in [0.1, 0.15) is 0 Å². The lowest BCUT2D eigenvalue weighted by molar-refractivity contribution is 0.0772. The van der Waals surface area contributed by atoms with Crippen molar-refractivity contribution >= 4 is 40.1 Å². The van der Waals surface area contributed by atoms with E-state index in [-0.39, 0.29) is 11.8 Å². The van der Waals surface area contributed by atoms with Crippen LogP contribution in [0.5, 0.6) is 0 Å². The summed E-state index contributed by atoms with van der Waals surface area (Å²) < 4.78 is 1.00. The lowest BCUT2D eigenvalue weighted by Crippen LogP contribution is -2.30. The van der Waals surface area contributed by atoms with Crippen LogP contribution in [0.25, 0.3) is 0 Å². The highest BCUT2D eigenvalue weighted by atomic mass is 127. The molecule has 1 N–H and O–H groups in total. The van der Waals surface area contributed by atoms with Gasteiger partial charge in [0, 0.05) is 33.5 Å². The summed E-state index contributed by atoms with van der Waals surface area (Å²) in [6.45, 7) is 5.22. The first-order valence-electron chi connectivity index (χ1n) is 7.51. The molecule has 0 aliphatic heterocycles. The van der Waals surface area contributed by atoms with Gasteiger partial charge in [0.15, 0.2) is 0 Å². The van der Waals surface area contributed by atoms with E-state index in [1.807, 2.05) is 32.0 Å². The van der Waals surface area contributed by atoms with Crippen molar-refractivity contribution in [3.8, 4) is 0 Å². The van der Waals surface area contributed by atoms with E-state index in [0.29, 0.717) is 29.9 Å². The Hall–Kier alpha value is -1.89. The van der Waals surface area contributed by atoms with Crippen molar-refractivity contribution in [3.63, 3.8) is 0 Å². The number of halogens is 1. The zero-order chi connectivity index (χ0) is 16.8. The van der Waals surface area contributed by atoms with E-state index in [1.165, 1.54) is 0 Å². The molecular formula is C18H19IN2O2. The first kappa shape index (κ1) is 17.5. The van der Waals surface area contributed by atoms with Crippen LogP contribution >= 0.6 is 22.6 Å². The average Bonchev–Trinajstić information content (AvgIpc) is 2.56. The molecule has 0 radical (unpaired) electrons. The van der Waals surface area contributed by atoms with Crippen LogP contribution in [0.15, 0.2) is 48.5 Å². The van der Waals surface area contributed by atoms with E-state index < -0.39 is 0 Å². The van der Waals surface area contributed by atoms with Crippen molar-refractivity contribution in [2.24, 2.45) is 0 Å². The maximum absolute atomic E-state index is 12.4. The molecule has 0 saturated carbocycles. The molecule has 0 saturated heterocycles. The molecule has 0 aliphatic rings. The monoisotopic (exact) mass is 422 g/mol. The van der Waals surface area contributed by atoms with Crippen LogP contribution in [0.2, 0.25) is 0 Å². The van der Waals surface area contributed by atoms with Crippen molar-refractivity contribution in [1.82, 2.24) is 4.90 Å². The number of nitrogens with zero attached hydrogens (tertiary/aromatic N) is 1. The number of carbonyl (C=O) groups excluding carboxylic acids is 2. The number of benzene rings is 2. The molecule has 0 fully saturated rings. The fraction of sp³-hybridized carbons (Fsp3) is 0.222. The zero-order valence-corrected chi connectivity index (χ0v) is 15.3. The third kappa shape index (κ3) is 4.54. The summed E-state index contributed by atoms with van der Waals surface area (Å²) in [6, 6.07) is 14.4. The van der Waals surface area contributed by atoms with Crippen LogP contribution in [0.4, 0.5) is 5.69 Å². The number of hydrogen-bond donors (Lipinski definition) is 1. The molecule has 4 nitrogen and oxygen atoms in total. The van der Waals surface area contributed by atoms with Gasteiger partial charge in [-0.05, 0) is 72.8 Å². The predicted molar refractivity (Wildman–Crippen MR) is 101 cm³/mol. The Morgan fingerprint density at radius 1 is 1.00 bits per heavy atom. The Kier molecular flexibility index (Phi) is 6.15. The van der Waals surface area contributed by atoms with Gasteiger partial charge in [-0.3, -0.25) is 9.59 Å². The maximum atomic E-state index is 12.4. The number of hydrogen-bond acceptors (Lipinski definition) is 2. The lowest BCUT2D eigenvalue weighted by atomic mass is 10.1. The fourth-order valence-corrected chi connectivity index (χ4v) is 2.80. The number of nitrogens with one attached hydrogen (secondary N) is 1. The highest BCUT2D eigenvalue weighted by Crippen LogP contribution is 2.15. The van der Waals surface area contributed by atoms with Gasteiger partial charge in [0.2, 0.25) is 0 Å². The quantitative estimate of drug-likeness (QED) is 0.740. The van der Waals surface area contributed by atoms with Gasteiger partial charge in [-0.1, -0.05) is 12.1 Å². The molecule has 120 valence electrons. The van der Waals surface area contributed by atoms with Crippen LogP contribution in [-0.4, -0.2) is 29.8 Å². The second-order valence-electron chi connectivity index (χ2n) is 5.02. The van der Waals surface area contributed by atoms with Crippen LogP contribution in [0, 0.1) is 3.57 Å². The average molecular weight is 422 g/mol. The number of anilines is 1. The highest BCUT2D eigenvalue weighted by Gasteiger charge is 2.13. The maximum Gasteiger partial charge on any atom is 0.255 e. The van der Waals surface area contributed by atoms with Crippen LogP contribution in [-0.2, 0) is 0 Å². The van der Waals surface area contributed by atoms with Crippen molar-refractivity contribution in [3.05, 3.63) is 63.2 Å². The van der Waals surface area contributed by atoms with Gasteiger partial charge < -0.3 is 10.2 Å². The zero-order valence-electron chi connectivity index (χ0n) is 13.2. The third-order valence-electron chi connectivity index (χ3n) is 3.50. The standard InChI is InChI=1S/C18H19IN2O2/c1-3-21(4-2)18(23)14-8-6-10-16(12-14)20-17(22)13-7-5-9-15(19)11-13/h5-12H,3-4H2,1-2H3,(H,20,22). The SMILES string of the molecule is CCN(CC)C(=O)c1cccc(NC(=O)c2cccc(I)c2)c1. The van der Waals surface area contributed by atoms with Crippen LogP contribution in [0.3, 0.4) is 0 Å². The van der Waals surface area contributed by atoms with E-state index in [0.717, 1.165) is 3.57 Å². The molecule has 23 heavy (non-hydrogen) atoms. The van der Waals surface area contributed by atoms with Crippen molar-refractivity contribution in [1.29, 1.82) is 0 Å². The Bertz CT molecular complexity index is 712. The summed E-state index contributed by atoms with van der Waals surface area (Å²) >= 11 is 2.17. The third-order valence-corrected chi connectivity index (χ3v) is 4.18. The summed E-state index contributed by atoms with van der Waals surface area (Å²) in [5, 5.41) is 2.84. The number of carbonyl (C=O) groups is 2. The van der Waals surface area contributed by atoms with Gasteiger partial charge in [0.05, 0.1) is 0 Å². The molecule has 0 aromatic heterocycles. The summed E-state index contributed by atoms with van der Waals surface area (Å²) in [7, 11) is 0. The summed E-state index contributed by atoms with van der Waals surface area (Å²) in [5.74, 6) is -0.212. The molecule has 0 heterocycles. The fourth-order valence-electron chi connectivity index (χ4n) is 2.26. The van der Waals surface area contributed by atoms with E-state index in [2.05, 4.69) is 27.9 Å². The summed E-state index contributed by atoms with van der Waals surface area (Å²) in [4.78, 5) is 26.4. The molecule has 0 bridgehead atoms. The minimum Gasteiger partial charge on any atom is -0.339 e. The Morgan fingerprint density at radius 3 is 2.30 bits per heavy atom.